The van der Waals surface area contributed by atoms with Crippen LogP contribution in [0.2, 0.25) is 0 Å². The van der Waals surface area contributed by atoms with Crippen molar-refractivity contribution in [2.45, 2.75) is 31.6 Å². The van der Waals surface area contributed by atoms with Gasteiger partial charge < -0.3 is 20.8 Å². The highest BCUT2D eigenvalue weighted by molar-refractivity contribution is 7.80. The Hall–Kier alpha value is -0.760. The summed E-state index contributed by atoms with van der Waals surface area (Å²) in [5.41, 5.74) is 7.53. The van der Waals surface area contributed by atoms with Gasteiger partial charge in [0, 0.05) is 6.04 Å². The standard InChI is InChI=1S/C9H20N4O2S/c1-6(14)4-7(13(2)3)8(15)5-11-12-9(10)16/h5-8,14-15H,4H2,1-3H3,(H3,10,12,16)/b11-5+/t6-,7+,8-/m1/s1. The van der Waals surface area contributed by atoms with Crippen LogP contribution in [0, 0.1) is 0 Å². The number of nitrogens with one attached hydrogen (secondary N) is 1. The lowest BCUT2D eigenvalue weighted by Crippen LogP contribution is -2.42. The topological polar surface area (TPSA) is 94.1 Å². The number of rotatable bonds is 6. The van der Waals surface area contributed by atoms with E-state index in [2.05, 4.69) is 22.7 Å². The number of hydrogen-bond donors (Lipinski definition) is 4. The summed E-state index contributed by atoms with van der Waals surface area (Å²) in [6.07, 6.45) is 0.477. The fraction of sp³-hybridized carbons (Fsp3) is 0.778. The summed E-state index contributed by atoms with van der Waals surface area (Å²) in [4.78, 5) is 1.82. The van der Waals surface area contributed by atoms with Crippen LogP contribution in [0.15, 0.2) is 5.10 Å². The van der Waals surface area contributed by atoms with Gasteiger partial charge in [0.1, 0.15) is 6.10 Å². The predicted molar refractivity (Wildman–Crippen MR) is 68.2 cm³/mol. The van der Waals surface area contributed by atoms with E-state index in [4.69, 9.17) is 5.73 Å². The van der Waals surface area contributed by atoms with Gasteiger partial charge in [0.2, 0.25) is 0 Å². The Bertz CT molecular complexity index is 246. The molecule has 0 rings (SSSR count). The Balaban J connectivity index is 4.32. The van der Waals surface area contributed by atoms with E-state index in [1.54, 1.807) is 6.92 Å². The van der Waals surface area contributed by atoms with Crippen LogP contribution >= 0.6 is 12.2 Å². The summed E-state index contributed by atoms with van der Waals surface area (Å²) in [6.45, 7) is 1.67. The van der Waals surface area contributed by atoms with Crippen LogP contribution in [-0.2, 0) is 0 Å². The van der Waals surface area contributed by atoms with E-state index in [0.717, 1.165) is 0 Å². The monoisotopic (exact) mass is 248 g/mol. The van der Waals surface area contributed by atoms with Crippen LogP contribution < -0.4 is 11.2 Å². The Morgan fingerprint density at radius 1 is 1.56 bits per heavy atom. The Labute approximate surface area is 101 Å². The normalized spacial score (nSPS) is 17.4. The van der Waals surface area contributed by atoms with Gasteiger partial charge in [-0.15, -0.1) is 0 Å². The molecule has 0 aliphatic carbocycles. The molecule has 7 heteroatoms. The van der Waals surface area contributed by atoms with Gasteiger partial charge in [-0.05, 0) is 39.7 Å². The van der Waals surface area contributed by atoms with E-state index < -0.39 is 12.2 Å². The van der Waals surface area contributed by atoms with Crippen molar-refractivity contribution >= 4 is 23.5 Å². The molecule has 0 aliphatic heterocycles. The molecule has 94 valence electrons. The zero-order valence-corrected chi connectivity index (χ0v) is 10.6. The number of nitrogens with two attached hydrogens (primary N) is 1. The Morgan fingerprint density at radius 3 is 2.50 bits per heavy atom. The molecule has 6 nitrogen and oxygen atoms in total. The first-order valence-electron chi connectivity index (χ1n) is 4.95. The molecule has 0 saturated carbocycles. The predicted octanol–water partition coefficient (Wildman–Crippen LogP) is -1.13. The van der Waals surface area contributed by atoms with Gasteiger partial charge in [-0.3, -0.25) is 5.43 Å². The van der Waals surface area contributed by atoms with E-state index in [9.17, 15) is 10.2 Å². The molecule has 0 amide bonds. The van der Waals surface area contributed by atoms with Crippen molar-refractivity contribution in [1.82, 2.24) is 10.3 Å². The number of hydrogen-bond acceptors (Lipinski definition) is 5. The van der Waals surface area contributed by atoms with Crippen molar-refractivity contribution in [3.63, 3.8) is 0 Å². The lowest BCUT2D eigenvalue weighted by molar-refractivity contribution is 0.0779. The number of likely N-dealkylation sites (N-methyl/N-ethyl adjacent to an activating group) is 1. The maximum Gasteiger partial charge on any atom is 0.184 e. The second-order valence-corrected chi connectivity index (χ2v) is 4.30. The quantitative estimate of drug-likeness (QED) is 0.270. The van der Waals surface area contributed by atoms with Gasteiger partial charge in [0.15, 0.2) is 5.11 Å². The number of nitrogens with zero attached hydrogens (tertiary/aromatic N) is 2. The minimum Gasteiger partial charge on any atom is -0.393 e. The maximum atomic E-state index is 9.81. The Kier molecular flexibility index (Phi) is 7.15. The lowest BCUT2D eigenvalue weighted by Gasteiger charge is -2.27. The third kappa shape index (κ3) is 6.67. The van der Waals surface area contributed by atoms with E-state index in [1.807, 2.05) is 19.0 Å². The van der Waals surface area contributed by atoms with E-state index in [1.165, 1.54) is 6.21 Å². The van der Waals surface area contributed by atoms with Crippen LogP contribution in [0.4, 0.5) is 0 Å². The molecule has 0 aromatic carbocycles. The van der Waals surface area contributed by atoms with E-state index >= 15 is 0 Å². The van der Waals surface area contributed by atoms with Crippen molar-refractivity contribution in [3.05, 3.63) is 0 Å². The van der Waals surface area contributed by atoms with Gasteiger partial charge in [-0.2, -0.15) is 5.10 Å². The molecule has 0 unspecified atom stereocenters. The summed E-state index contributed by atoms with van der Waals surface area (Å²) in [6, 6.07) is -0.211. The average molecular weight is 248 g/mol. The number of aliphatic hydroxyl groups is 2. The van der Waals surface area contributed by atoms with Gasteiger partial charge in [-0.25, -0.2) is 0 Å². The fourth-order valence-corrected chi connectivity index (χ4v) is 1.33. The molecule has 0 saturated heterocycles. The third-order valence-electron chi connectivity index (χ3n) is 2.04. The summed E-state index contributed by atoms with van der Waals surface area (Å²) in [7, 11) is 3.65. The van der Waals surface area contributed by atoms with E-state index in [-0.39, 0.29) is 11.2 Å². The molecule has 0 radical (unpaired) electrons. The minimum absolute atomic E-state index is 0.0420. The van der Waals surface area contributed by atoms with Crippen molar-refractivity contribution < 1.29 is 10.2 Å². The molecule has 16 heavy (non-hydrogen) atoms. The first-order chi connectivity index (χ1) is 7.34. The number of hydrazone groups is 1. The van der Waals surface area contributed by atoms with Gasteiger partial charge in [0.25, 0.3) is 0 Å². The van der Waals surface area contributed by atoms with Crippen molar-refractivity contribution in [3.8, 4) is 0 Å². The molecule has 0 aromatic heterocycles. The minimum atomic E-state index is -0.800. The van der Waals surface area contributed by atoms with Crippen LogP contribution in [0.3, 0.4) is 0 Å². The zero-order chi connectivity index (χ0) is 12.7. The van der Waals surface area contributed by atoms with Gasteiger partial charge in [-0.1, -0.05) is 0 Å². The first-order valence-corrected chi connectivity index (χ1v) is 5.36. The highest BCUT2D eigenvalue weighted by Gasteiger charge is 2.21. The van der Waals surface area contributed by atoms with E-state index in [0.29, 0.717) is 6.42 Å². The maximum absolute atomic E-state index is 9.81. The number of thiocarbonyl (C=S) groups is 1. The summed E-state index contributed by atoms with van der Waals surface area (Å²) in [5.74, 6) is 0. The molecule has 0 bridgehead atoms. The SMILES string of the molecule is C[C@@H](O)C[C@@H]([C@H](O)/C=N/NC(N)=S)N(C)C. The molecule has 5 N–H and O–H groups in total. The molecule has 0 fully saturated rings. The second-order valence-electron chi connectivity index (χ2n) is 3.86. The highest BCUT2D eigenvalue weighted by Crippen LogP contribution is 2.07. The first kappa shape index (κ1) is 15.2. The molecule has 0 aliphatic rings. The van der Waals surface area contributed by atoms with Crippen molar-refractivity contribution in [2.75, 3.05) is 14.1 Å². The largest absolute Gasteiger partial charge is 0.393 e. The van der Waals surface area contributed by atoms with Crippen molar-refractivity contribution in [1.29, 1.82) is 0 Å². The van der Waals surface area contributed by atoms with Crippen LogP contribution in [0.1, 0.15) is 13.3 Å². The number of aliphatic hydroxyl groups excluding tert-OH is 2. The Morgan fingerprint density at radius 2 is 2.12 bits per heavy atom. The summed E-state index contributed by atoms with van der Waals surface area (Å²) in [5, 5.41) is 22.8. The van der Waals surface area contributed by atoms with Gasteiger partial charge in [0.05, 0.1) is 12.3 Å². The molecule has 3 atom stereocenters. The highest BCUT2D eigenvalue weighted by atomic mass is 32.1. The smallest absolute Gasteiger partial charge is 0.184 e. The third-order valence-corrected chi connectivity index (χ3v) is 2.13. The van der Waals surface area contributed by atoms with Crippen LogP contribution in [0.5, 0.6) is 0 Å². The lowest BCUT2D eigenvalue weighted by atomic mass is 10.0. The average Bonchev–Trinajstić information content (AvgIpc) is 2.12. The molecule has 0 spiro atoms. The van der Waals surface area contributed by atoms with Crippen LogP contribution in [-0.4, -0.2) is 58.8 Å². The van der Waals surface area contributed by atoms with Crippen molar-refractivity contribution in [2.24, 2.45) is 10.8 Å². The summed E-state index contributed by atoms with van der Waals surface area (Å²) >= 11 is 4.56. The molecule has 0 heterocycles. The second kappa shape index (κ2) is 7.50. The molecular formula is C9H20N4O2S. The van der Waals surface area contributed by atoms with Crippen LogP contribution in [0.25, 0.3) is 0 Å². The fourth-order valence-electron chi connectivity index (χ4n) is 1.28. The molecular weight excluding hydrogens is 228 g/mol. The summed E-state index contributed by atoms with van der Waals surface area (Å²) < 4.78 is 0. The van der Waals surface area contributed by atoms with Gasteiger partial charge >= 0.3 is 0 Å². The zero-order valence-electron chi connectivity index (χ0n) is 9.79. The molecule has 0 aromatic rings.